The Hall–Kier alpha value is -0.650. The molecule has 0 unspecified atom stereocenters. The third-order valence-corrected chi connectivity index (χ3v) is 3.52. The molecule has 2 aromatic heterocycles. The monoisotopic (exact) mass is 317 g/mol. The first kappa shape index (κ1) is 11.8. The van der Waals surface area contributed by atoms with Gasteiger partial charge in [-0.15, -0.1) is 11.3 Å². The summed E-state index contributed by atoms with van der Waals surface area (Å²) in [5.41, 5.74) is 0. The molecular formula is C10H9BrClN3S. The van der Waals surface area contributed by atoms with Gasteiger partial charge in [-0.2, -0.15) is 0 Å². The minimum atomic E-state index is 0.600. The van der Waals surface area contributed by atoms with Crippen LogP contribution in [0.15, 0.2) is 22.9 Å². The van der Waals surface area contributed by atoms with Crippen molar-refractivity contribution in [1.29, 1.82) is 0 Å². The molecule has 0 fully saturated rings. The first-order valence-electron chi connectivity index (χ1n) is 4.61. The Morgan fingerprint density at radius 2 is 2.25 bits per heavy atom. The Labute approximate surface area is 111 Å². The highest BCUT2D eigenvalue weighted by Crippen LogP contribution is 2.23. The summed E-state index contributed by atoms with van der Waals surface area (Å²) in [6.07, 6.45) is 3.57. The molecule has 0 radical (unpaired) electrons. The Morgan fingerprint density at radius 3 is 2.88 bits per heavy atom. The van der Waals surface area contributed by atoms with Crippen molar-refractivity contribution in [1.82, 2.24) is 9.97 Å². The molecule has 0 saturated heterocycles. The van der Waals surface area contributed by atoms with Crippen molar-refractivity contribution in [2.24, 2.45) is 0 Å². The highest BCUT2D eigenvalue weighted by atomic mass is 79.9. The standard InChI is InChI=1S/C10H9BrClN3S/c1-6-3-13-9(16-6)5-15-10-8(12)2-7(11)4-14-10/h2-4H,5H2,1H3,(H,14,15). The Kier molecular flexibility index (Phi) is 3.78. The van der Waals surface area contributed by atoms with E-state index in [9.17, 15) is 0 Å². The van der Waals surface area contributed by atoms with Gasteiger partial charge >= 0.3 is 0 Å². The molecule has 6 heteroatoms. The summed E-state index contributed by atoms with van der Waals surface area (Å²) in [5.74, 6) is 0.678. The smallest absolute Gasteiger partial charge is 0.145 e. The van der Waals surface area contributed by atoms with Crippen LogP contribution >= 0.6 is 38.9 Å². The zero-order valence-electron chi connectivity index (χ0n) is 8.50. The van der Waals surface area contributed by atoms with Crippen LogP contribution in [0.1, 0.15) is 9.88 Å². The summed E-state index contributed by atoms with van der Waals surface area (Å²) in [6.45, 7) is 2.68. The molecule has 0 bridgehead atoms. The third-order valence-electron chi connectivity index (χ3n) is 1.88. The molecule has 3 nitrogen and oxygen atoms in total. The fourth-order valence-corrected chi connectivity index (χ4v) is 2.61. The topological polar surface area (TPSA) is 37.8 Å². The van der Waals surface area contributed by atoms with Gasteiger partial charge in [-0.1, -0.05) is 11.6 Å². The van der Waals surface area contributed by atoms with Gasteiger partial charge in [-0.3, -0.25) is 0 Å². The zero-order valence-corrected chi connectivity index (χ0v) is 11.7. The van der Waals surface area contributed by atoms with E-state index in [1.807, 2.05) is 19.2 Å². The second-order valence-corrected chi connectivity index (χ2v) is 5.84. The number of anilines is 1. The number of thiazole rings is 1. The average Bonchev–Trinajstić information content (AvgIpc) is 2.63. The Morgan fingerprint density at radius 1 is 1.44 bits per heavy atom. The summed E-state index contributed by atoms with van der Waals surface area (Å²) in [4.78, 5) is 9.64. The lowest BCUT2D eigenvalue weighted by Crippen LogP contribution is -2.01. The molecule has 2 heterocycles. The molecule has 1 N–H and O–H groups in total. The van der Waals surface area contributed by atoms with Crippen molar-refractivity contribution in [3.05, 3.63) is 37.8 Å². The molecule has 0 amide bonds. The summed E-state index contributed by atoms with van der Waals surface area (Å²) in [5, 5.41) is 4.78. The van der Waals surface area contributed by atoms with Crippen LogP contribution in [0, 0.1) is 6.92 Å². The van der Waals surface area contributed by atoms with Gasteiger partial charge in [0.05, 0.1) is 11.6 Å². The fourth-order valence-electron chi connectivity index (χ4n) is 1.19. The van der Waals surface area contributed by atoms with E-state index in [0.29, 0.717) is 17.4 Å². The van der Waals surface area contributed by atoms with Crippen LogP contribution in [0.5, 0.6) is 0 Å². The molecule has 0 aliphatic rings. The maximum absolute atomic E-state index is 6.03. The van der Waals surface area contributed by atoms with Crippen molar-refractivity contribution >= 4 is 44.7 Å². The van der Waals surface area contributed by atoms with Crippen molar-refractivity contribution in [2.45, 2.75) is 13.5 Å². The number of nitrogens with one attached hydrogen (secondary N) is 1. The van der Waals surface area contributed by atoms with E-state index in [2.05, 4.69) is 31.2 Å². The number of hydrogen-bond donors (Lipinski definition) is 1. The maximum Gasteiger partial charge on any atom is 0.145 e. The first-order chi connectivity index (χ1) is 7.65. The number of rotatable bonds is 3. The van der Waals surface area contributed by atoms with Gasteiger partial charge in [0.2, 0.25) is 0 Å². The van der Waals surface area contributed by atoms with E-state index in [1.165, 1.54) is 4.88 Å². The fraction of sp³-hybridized carbons (Fsp3) is 0.200. The van der Waals surface area contributed by atoms with E-state index >= 15 is 0 Å². The molecule has 2 rings (SSSR count). The van der Waals surface area contributed by atoms with E-state index < -0.39 is 0 Å². The second-order valence-electron chi connectivity index (χ2n) is 3.20. The van der Waals surface area contributed by atoms with Crippen LogP contribution < -0.4 is 5.32 Å². The van der Waals surface area contributed by atoms with Crippen LogP contribution in [0.4, 0.5) is 5.82 Å². The number of pyridine rings is 1. The molecule has 2 aromatic rings. The summed E-state index contributed by atoms with van der Waals surface area (Å²) >= 11 is 11.0. The van der Waals surface area contributed by atoms with Crippen LogP contribution in [0.2, 0.25) is 5.02 Å². The van der Waals surface area contributed by atoms with Gasteiger partial charge in [-0.25, -0.2) is 9.97 Å². The van der Waals surface area contributed by atoms with Crippen molar-refractivity contribution in [2.75, 3.05) is 5.32 Å². The van der Waals surface area contributed by atoms with Crippen LogP contribution in [0.3, 0.4) is 0 Å². The predicted octanol–water partition coefficient (Wildman–Crippen LogP) is 3.87. The van der Waals surface area contributed by atoms with E-state index in [0.717, 1.165) is 9.48 Å². The number of aromatic nitrogens is 2. The van der Waals surface area contributed by atoms with Crippen molar-refractivity contribution < 1.29 is 0 Å². The average molecular weight is 319 g/mol. The molecule has 0 saturated carbocycles. The summed E-state index contributed by atoms with van der Waals surface area (Å²) in [6, 6.07) is 1.81. The van der Waals surface area contributed by atoms with Crippen molar-refractivity contribution in [3.8, 4) is 0 Å². The molecule has 0 aromatic carbocycles. The number of hydrogen-bond acceptors (Lipinski definition) is 4. The SMILES string of the molecule is Cc1cnc(CNc2ncc(Br)cc2Cl)s1. The number of aryl methyl sites for hydroxylation is 1. The maximum atomic E-state index is 6.03. The lowest BCUT2D eigenvalue weighted by atomic mass is 10.4. The largest absolute Gasteiger partial charge is 0.362 e. The number of halogens is 2. The minimum absolute atomic E-state index is 0.600. The summed E-state index contributed by atoms with van der Waals surface area (Å²) in [7, 11) is 0. The zero-order chi connectivity index (χ0) is 11.5. The van der Waals surface area contributed by atoms with Crippen LogP contribution in [0.25, 0.3) is 0 Å². The third kappa shape index (κ3) is 2.93. The molecule has 0 aliphatic heterocycles. The van der Waals surface area contributed by atoms with Crippen LogP contribution in [-0.2, 0) is 6.54 Å². The quantitative estimate of drug-likeness (QED) is 0.933. The van der Waals surface area contributed by atoms with E-state index in [4.69, 9.17) is 11.6 Å². The molecule has 16 heavy (non-hydrogen) atoms. The predicted molar refractivity (Wildman–Crippen MR) is 71.1 cm³/mol. The lowest BCUT2D eigenvalue weighted by Gasteiger charge is -2.05. The molecule has 0 aliphatic carbocycles. The molecule has 0 spiro atoms. The Bertz CT molecular complexity index is 501. The highest BCUT2D eigenvalue weighted by Gasteiger charge is 2.03. The highest BCUT2D eigenvalue weighted by molar-refractivity contribution is 9.10. The minimum Gasteiger partial charge on any atom is -0.362 e. The van der Waals surface area contributed by atoms with Crippen LogP contribution in [-0.4, -0.2) is 9.97 Å². The molecule has 84 valence electrons. The van der Waals surface area contributed by atoms with Gasteiger partial charge in [0.25, 0.3) is 0 Å². The van der Waals surface area contributed by atoms with Gasteiger partial charge < -0.3 is 5.32 Å². The molecule has 0 atom stereocenters. The van der Waals surface area contributed by atoms with E-state index in [-0.39, 0.29) is 0 Å². The number of nitrogens with zero attached hydrogens (tertiary/aromatic N) is 2. The van der Waals surface area contributed by atoms with Gasteiger partial charge in [0.15, 0.2) is 0 Å². The normalized spacial score (nSPS) is 10.4. The molecular weight excluding hydrogens is 310 g/mol. The van der Waals surface area contributed by atoms with Gasteiger partial charge in [0, 0.05) is 21.7 Å². The van der Waals surface area contributed by atoms with Crippen molar-refractivity contribution in [3.63, 3.8) is 0 Å². The Balaban J connectivity index is 2.04. The van der Waals surface area contributed by atoms with Gasteiger partial charge in [0.1, 0.15) is 10.8 Å². The lowest BCUT2D eigenvalue weighted by molar-refractivity contribution is 1.08. The first-order valence-corrected chi connectivity index (χ1v) is 6.60. The summed E-state index contributed by atoms with van der Waals surface area (Å²) < 4.78 is 0.869. The van der Waals surface area contributed by atoms with E-state index in [1.54, 1.807) is 17.5 Å². The van der Waals surface area contributed by atoms with Gasteiger partial charge in [-0.05, 0) is 28.9 Å². The second kappa shape index (κ2) is 5.12.